The first kappa shape index (κ1) is 17.1. The van der Waals surface area contributed by atoms with E-state index in [1.807, 2.05) is 19.1 Å². The summed E-state index contributed by atoms with van der Waals surface area (Å²) >= 11 is 0. The minimum atomic E-state index is -0.195. The fraction of sp³-hybridized carbons (Fsp3) is 0.444. The zero-order chi connectivity index (χ0) is 16.7. The number of amides is 2. The van der Waals surface area contributed by atoms with Crippen LogP contribution in [0.5, 0.6) is 5.75 Å². The number of allylic oxidation sites excluding steroid dienone is 2. The molecule has 1 atom stereocenters. The van der Waals surface area contributed by atoms with Crippen molar-refractivity contribution in [2.75, 3.05) is 25.5 Å². The highest BCUT2D eigenvalue weighted by Gasteiger charge is 2.24. The van der Waals surface area contributed by atoms with Crippen LogP contribution in [0.4, 0.5) is 5.69 Å². The summed E-state index contributed by atoms with van der Waals surface area (Å²) in [5, 5.41) is 2.81. The van der Waals surface area contributed by atoms with Gasteiger partial charge in [-0.05, 0) is 38.3 Å². The molecule has 0 heterocycles. The summed E-state index contributed by atoms with van der Waals surface area (Å²) < 4.78 is 5.13. The Kier molecular flexibility index (Phi) is 6.20. The van der Waals surface area contributed by atoms with Crippen molar-refractivity contribution in [1.29, 1.82) is 0 Å². The molecule has 0 saturated heterocycles. The van der Waals surface area contributed by atoms with Gasteiger partial charge < -0.3 is 15.0 Å². The first-order valence-electron chi connectivity index (χ1n) is 8.01. The van der Waals surface area contributed by atoms with Gasteiger partial charge in [0.2, 0.25) is 11.8 Å². The fourth-order valence-corrected chi connectivity index (χ4v) is 2.70. The number of benzene rings is 1. The van der Waals surface area contributed by atoms with E-state index in [1.165, 1.54) is 0 Å². The molecule has 1 aromatic carbocycles. The molecule has 23 heavy (non-hydrogen) atoms. The molecule has 5 heteroatoms. The molecule has 0 fully saturated rings. The second-order valence-electron chi connectivity index (χ2n) is 5.61. The number of hydrogen-bond donors (Lipinski definition) is 1. The molecule has 0 aromatic heterocycles. The lowest BCUT2D eigenvalue weighted by Gasteiger charge is -2.26. The molecule has 0 saturated carbocycles. The van der Waals surface area contributed by atoms with Crippen LogP contribution in [0.1, 0.15) is 26.2 Å². The van der Waals surface area contributed by atoms with Crippen LogP contribution in [-0.4, -0.2) is 36.9 Å². The first-order valence-corrected chi connectivity index (χ1v) is 8.01. The molecule has 5 nitrogen and oxygen atoms in total. The van der Waals surface area contributed by atoms with Gasteiger partial charge in [0.05, 0.1) is 13.7 Å². The normalized spacial score (nSPS) is 16.7. The van der Waals surface area contributed by atoms with Gasteiger partial charge in [0.1, 0.15) is 5.75 Å². The van der Waals surface area contributed by atoms with E-state index >= 15 is 0 Å². The van der Waals surface area contributed by atoms with Crippen LogP contribution in [0.3, 0.4) is 0 Å². The highest BCUT2D eigenvalue weighted by atomic mass is 16.5. The highest BCUT2D eigenvalue weighted by Crippen LogP contribution is 2.21. The minimum absolute atomic E-state index is 0.00423. The van der Waals surface area contributed by atoms with Gasteiger partial charge in [-0.25, -0.2) is 0 Å². The third-order valence-electron chi connectivity index (χ3n) is 4.00. The van der Waals surface area contributed by atoms with E-state index in [0.29, 0.717) is 18.0 Å². The molecule has 0 bridgehead atoms. The van der Waals surface area contributed by atoms with E-state index in [0.717, 1.165) is 19.3 Å². The topological polar surface area (TPSA) is 58.6 Å². The van der Waals surface area contributed by atoms with Crippen LogP contribution in [0.25, 0.3) is 0 Å². The smallest absolute Gasteiger partial charge is 0.243 e. The second kappa shape index (κ2) is 8.36. The van der Waals surface area contributed by atoms with Crippen LogP contribution in [-0.2, 0) is 9.59 Å². The van der Waals surface area contributed by atoms with E-state index in [-0.39, 0.29) is 24.3 Å². The standard InChI is InChI=1S/C18H24N2O3/c1-3-20(18(22)14-8-5-4-6-9-14)13-17(21)19-15-10-7-11-16(12-15)23-2/h4-5,7,10-12,14H,3,6,8-9,13H2,1-2H3,(H,19,21). The van der Waals surface area contributed by atoms with Gasteiger partial charge in [0.25, 0.3) is 0 Å². The summed E-state index contributed by atoms with van der Waals surface area (Å²) in [6.45, 7) is 2.51. The SMILES string of the molecule is CCN(CC(=O)Nc1cccc(OC)c1)C(=O)C1CC=CCC1. The van der Waals surface area contributed by atoms with Crippen molar-refractivity contribution < 1.29 is 14.3 Å². The van der Waals surface area contributed by atoms with Gasteiger partial charge >= 0.3 is 0 Å². The maximum absolute atomic E-state index is 12.5. The van der Waals surface area contributed by atoms with E-state index in [2.05, 4.69) is 17.5 Å². The van der Waals surface area contributed by atoms with Crippen molar-refractivity contribution >= 4 is 17.5 Å². The number of methoxy groups -OCH3 is 1. The number of nitrogens with zero attached hydrogens (tertiary/aromatic N) is 1. The Morgan fingerprint density at radius 2 is 2.17 bits per heavy atom. The van der Waals surface area contributed by atoms with Crippen molar-refractivity contribution in [2.24, 2.45) is 5.92 Å². The van der Waals surface area contributed by atoms with Crippen molar-refractivity contribution in [3.05, 3.63) is 36.4 Å². The number of rotatable bonds is 6. The Bertz CT molecular complexity index is 583. The summed E-state index contributed by atoms with van der Waals surface area (Å²) in [5.41, 5.74) is 0.665. The van der Waals surface area contributed by atoms with E-state index in [4.69, 9.17) is 4.74 Å². The molecular formula is C18H24N2O3. The number of ether oxygens (including phenoxy) is 1. The molecule has 0 spiro atoms. The number of nitrogens with one attached hydrogen (secondary N) is 1. The maximum atomic E-state index is 12.5. The summed E-state index contributed by atoms with van der Waals surface area (Å²) in [4.78, 5) is 26.3. The Balaban J connectivity index is 1.93. The lowest BCUT2D eigenvalue weighted by Crippen LogP contribution is -2.41. The average Bonchev–Trinajstić information content (AvgIpc) is 2.60. The van der Waals surface area contributed by atoms with Crippen LogP contribution in [0.15, 0.2) is 36.4 Å². The van der Waals surface area contributed by atoms with Crippen LogP contribution < -0.4 is 10.1 Å². The molecule has 124 valence electrons. The molecule has 2 amide bonds. The third kappa shape index (κ3) is 4.84. The molecule has 2 rings (SSSR count). The monoisotopic (exact) mass is 316 g/mol. The zero-order valence-electron chi connectivity index (χ0n) is 13.7. The van der Waals surface area contributed by atoms with Crippen molar-refractivity contribution in [3.8, 4) is 5.75 Å². The summed E-state index contributed by atoms with van der Waals surface area (Å²) in [6.07, 6.45) is 6.73. The molecule has 1 aliphatic rings. The fourth-order valence-electron chi connectivity index (χ4n) is 2.70. The Labute approximate surface area is 137 Å². The van der Waals surface area contributed by atoms with Crippen molar-refractivity contribution in [2.45, 2.75) is 26.2 Å². The number of hydrogen-bond acceptors (Lipinski definition) is 3. The summed E-state index contributed by atoms with van der Waals surface area (Å²) in [6, 6.07) is 7.17. The third-order valence-corrected chi connectivity index (χ3v) is 4.00. The van der Waals surface area contributed by atoms with Crippen LogP contribution in [0, 0.1) is 5.92 Å². The Morgan fingerprint density at radius 1 is 1.35 bits per heavy atom. The zero-order valence-corrected chi connectivity index (χ0v) is 13.7. The molecule has 1 N–H and O–H groups in total. The molecule has 0 radical (unpaired) electrons. The van der Waals surface area contributed by atoms with E-state index in [9.17, 15) is 9.59 Å². The molecule has 1 aliphatic carbocycles. The average molecular weight is 316 g/mol. The Morgan fingerprint density at radius 3 is 2.83 bits per heavy atom. The lowest BCUT2D eigenvalue weighted by molar-refractivity contribution is -0.138. The number of carbonyl (C=O) groups is 2. The van der Waals surface area contributed by atoms with Gasteiger partial charge in [-0.15, -0.1) is 0 Å². The summed E-state index contributed by atoms with van der Waals surface area (Å²) in [5.74, 6) is 0.558. The van der Waals surface area contributed by atoms with Gasteiger partial charge in [0, 0.05) is 24.2 Å². The lowest BCUT2D eigenvalue weighted by atomic mass is 9.93. The maximum Gasteiger partial charge on any atom is 0.243 e. The predicted molar refractivity (Wildman–Crippen MR) is 90.4 cm³/mol. The molecular weight excluding hydrogens is 292 g/mol. The van der Waals surface area contributed by atoms with Gasteiger partial charge in [-0.3, -0.25) is 9.59 Å². The second-order valence-corrected chi connectivity index (χ2v) is 5.61. The van der Waals surface area contributed by atoms with Crippen molar-refractivity contribution in [3.63, 3.8) is 0 Å². The minimum Gasteiger partial charge on any atom is -0.497 e. The first-order chi connectivity index (χ1) is 11.1. The quantitative estimate of drug-likeness (QED) is 0.821. The molecule has 0 aliphatic heterocycles. The number of likely N-dealkylation sites (N-methyl/N-ethyl adjacent to an activating group) is 1. The number of carbonyl (C=O) groups excluding carboxylic acids is 2. The van der Waals surface area contributed by atoms with Gasteiger partial charge in [0.15, 0.2) is 0 Å². The van der Waals surface area contributed by atoms with E-state index < -0.39 is 0 Å². The predicted octanol–water partition coefficient (Wildman–Crippen LogP) is 2.84. The van der Waals surface area contributed by atoms with Gasteiger partial charge in [-0.1, -0.05) is 18.2 Å². The Hall–Kier alpha value is -2.30. The molecule has 1 aromatic rings. The van der Waals surface area contributed by atoms with E-state index in [1.54, 1.807) is 24.1 Å². The van der Waals surface area contributed by atoms with Crippen LogP contribution in [0.2, 0.25) is 0 Å². The van der Waals surface area contributed by atoms with Crippen LogP contribution >= 0.6 is 0 Å². The largest absolute Gasteiger partial charge is 0.497 e. The number of anilines is 1. The highest BCUT2D eigenvalue weighted by molar-refractivity contribution is 5.95. The summed E-state index contributed by atoms with van der Waals surface area (Å²) in [7, 11) is 1.58. The van der Waals surface area contributed by atoms with Crippen molar-refractivity contribution in [1.82, 2.24) is 4.90 Å². The molecule has 1 unspecified atom stereocenters. The van der Waals surface area contributed by atoms with Gasteiger partial charge in [-0.2, -0.15) is 0 Å².